The minimum atomic E-state index is -0.394. The Balaban J connectivity index is 2.80. The van der Waals surface area contributed by atoms with Crippen LogP contribution >= 0.6 is 0 Å². The Morgan fingerprint density at radius 2 is 2.17 bits per heavy atom. The molecule has 0 radical (unpaired) electrons. The summed E-state index contributed by atoms with van der Waals surface area (Å²) < 4.78 is 4.93. The summed E-state index contributed by atoms with van der Waals surface area (Å²) in [5.41, 5.74) is 1.92. The molecule has 0 aromatic rings. The third-order valence-corrected chi connectivity index (χ3v) is 3.33. The first-order valence-electron chi connectivity index (χ1n) is 7.56. The Kier molecular flexibility index (Phi) is 7.56. The summed E-state index contributed by atoms with van der Waals surface area (Å²) in [6, 6.07) is 0. The molecule has 0 aromatic carbocycles. The van der Waals surface area contributed by atoms with Crippen molar-refractivity contribution in [3.63, 3.8) is 0 Å². The first-order valence-corrected chi connectivity index (χ1v) is 7.56. The third-order valence-electron chi connectivity index (χ3n) is 3.33. The molecule has 1 aliphatic rings. The van der Waals surface area contributed by atoms with Gasteiger partial charge >= 0.3 is 5.97 Å². The number of carbonyl (C=O) groups is 2. The molecule has 0 saturated carbocycles. The van der Waals surface area contributed by atoms with E-state index in [9.17, 15) is 9.59 Å². The van der Waals surface area contributed by atoms with E-state index in [1.54, 1.807) is 25.2 Å². The number of aldehydes is 1. The Morgan fingerprint density at radius 3 is 2.74 bits per heavy atom. The van der Waals surface area contributed by atoms with E-state index < -0.39 is 5.97 Å². The molecule has 0 spiro atoms. The minimum Gasteiger partial charge on any atom is -0.462 e. The predicted octanol–water partition coefficient (Wildman–Crippen LogP) is 3.56. The van der Waals surface area contributed by atoms with Crippen molar-refractivity contribution in [1.29, 1.82) is 0 Å². The van der Waals surface area contributed by atoms with Crippen LogP contribution in [-0.2, 0) is 14.3 Å². The molecule has 1 aliphatic carbocycles. The Labute approximate surface area is 138 Å². The van der Waals surface area contributed by atoms with Crippen LogP contribution in [0.1, 0.15) is 20.8 Å². The first kappa shape index (κ1) is 18.4. The largest absolute Gasteiger partial charge is 0.462 e. The zero-order valence-electron chi connectivity index (χ0n) is 13.8. The molecular formula is C20H22O3. The lowest BCUT2D eigenvalue weighted by Gasteiger charge is -2.15. The number of hydrogen-bond acceptors (Lipinski definition) is 3. The summed E-state index contributed by atoms with van der Waals surface area (Å²) in [5, 5.41) is 0. The minimum absolute atomic E-state index is 0.0787. The fraction of sp³-hybridized carbons (Fsp3) is 0.300. The van der Waals surface area contributed by atoms with Crippen LogP contribution in [0.3, 0.4) is 0 Å². The summed E-state index contributed by atoms with van der Waals surface area (Å²) >= 11 is 0. The summed E-state index contributed by atoms with van der Waals surface area (Å²) in [6.07, 6.45) is 11.4. The van der Waals surface area contributed by atoms with Gasteiger partial charge in [-0.1, -0.05) is 55.7 Å². The van der Waals surface area contributed by atoms with Gasteiger partial charge in [0.25, 0.3) is 0 Å². The Morgan fingerprint density at radius 1 is 1.43 bits per heavy atom. The fourth-order valence-corrected chi connectivity index (χ4v) is 2.00. The molecule has 3 nitrogen and oxygen atoms in total. The van der Waals surface area contributed by atoms with Crippen molar-refractivity contribution < 1.29 is 14.3 Å². The Bertz CT molecular complexity index is 648. The highest BCUT2D eigenvalue weighted by Crippen LogP contribution is 2.21. The molecule has 23 heavy (non-hydrogen) atoms. The second kappa shape index (κ2) is 9.42. The number of hydrogen-bond donors (Lipinski definition) is 0. The molecule has 120 valence electrons. The summed E-state index contributed by atoms with van der Waals surface area (Å²) in [7, 11) is 0. The van der Waals surface area contributed by atoms with Gasteiger partial charge in [-0.2, -0.15) is 0 Å². The standard InChI is InChI=1S/C20H22O3/c1-5-18(20(22)23-6-2)10-7-15(3)8-11-19-12-9-17(14-21)13-16(19)4/h5,7,9-10,12-14,16,19H,1,6H2,2-4H3/b15-7+,18-10+. The van der Waals surface area contributed by atoms with Crippen LogP contribution in [0.4, 0.5) is 0 Å². The lowest BCUT2D eigenvalue weighted by molar-refractivity contribution is -0.138. The molecule has 3 heteroatoms. The van der Waals surface area contributed by atoms with E-state index in [0.29, 0.717) is 17.8 Å². The summed E-state index contributed by atoms with van der Waals surface area (Å²) in [5.74, 6) is 6.13. The molecule has 0 N–H and O–H groups in total. The molecule has 0 aliphatic heterocycles. The lowest BCUT2D eigenvalue weighted by atomic mass is 9.88. The van der Waals surface area contributed by atoms with Crippen LogP contribution in [0.25, 0.3) is 0 Å². The van der Waals surface area contributed by atoms with E-state index >= 15 is 0 Å². The molecule has 1 rings (SSSR count). The van der Waals surface area contributed by atoms with E-state index in [-0.39, 0.29) is 11.8 Å². The van der Waals surface area contributed by atoms with Gasteiger partial charge in [0, 0.05) is 11.5 Å². The fourth-order valence-electron chi connectivity index (χ4n) is 2.00. The van der Waals surface area contributed by atoms with Crippen molar-refractivity contribution >= 4 is 12.3 Å². The average Bonchev–Trinajstić information content (AvgIpc) is 2.54. The highest BCUT2D eigenvalue weighted by Gasteiger charge is 2.14. The number of carbonyl (C=O) groups excluding carboxylic acids is 2. The second-order valence-electron chi connectivity index (χ2n) is 5.19. The van der Waals surface area contributed by atoms with Crippen molar-refractivity contribution in [2.24, 2.45) is 11.8 Å². The number of esters is 1. The predicted molar refractivity (Wildman–Crippen MR) is 92.4 cm³/mol. The van der Waals surface area contributed by atoms with Gasteiger partial charge in [-0.15, -0.1) is 0 Å². The average molecular weight is 310 g/mol. The molecule has 0 heterocycles. The smallest absolute Gasteiger partial charge is 0.338 e. The van der Waals surface area contributed by atoms with Crippen LogP contribution in [0, 0.1) is 23.7 Å². The summed E-state index contributed by atoms with van der Waals surface area (Å²) in [4.78, 5) is 22.4. The van der Waals surface area contributed by atoms with Gasteiger partial charge in [0.2, 0.25) is 0 Å². The van der Waals surface area contributed by atoms with Crippen LogP contribution in [-0.4, -0.2) is 18.9 Å². The van der Waals surface area contributed by atoms with Gasteiger partial charge in [-0.3, -0.25) is 4.79 Å². The maximum absolute atomic E-state index is 11.6. The van der Waals surface area contributed by atoms with Crippen LogP contribution < -0.4 is 0 Å². The van der Waals surface area contributed by atoms with Gasteiger partial charge in [0.15, 0.2) is 0 Å². The van der Waals surface area contributed by atoms with E-state index in [4.69, 9.17) is 4.74 Å². The third kappa shape index (κ3) is 5.96. The molecule has 2 unspecified atom stereocenters. The van der Waals surface area contributed by atoms with Gasteiger partial charge in [-0.05, 0) is 31.4 Å². The first-order chi connectivity index (χ1) is 11.0. The second-order valence-corrected chi connectivity index (χ2v) is 5.19. The lowest BCUT2D eigenvalue weighted by Crippen LogP contribution is -2.09. The SMILES string of the molecule is C=C/C(=C\C=C(/C)C#CC1C=CC(C=O)=CC1C)C(=O)OCC. The number of rotatable bonds is 5. The normalized spacial score (nSPS) is 20.9. The molecular weight excluding hydrogens is 288 g/mol. The summed E-state index contributed by atoms with van der Waals surface area (Å²) in [6.45, 7) is 9.60. The van der Waals surface area contributed by atoms with Crippen molar-refractivity contribution in [2.45, 2.75) is 20.8 Å². The van der Waals surface area contributed by atoms with E-state index in [0.717, 1.165) is 11.9 Å². The monoisotopic (exact) mass is 310 g/mol. The van der Waals surface area contributed by atoms with Crippen LogP contribution in [0.5, 0.6) is 0 Å². The molecule has 0 saturated heterocycles. The highest BCUT2D eigenvalue weighted by atomic mass is 16.5. The van der Waals surface area contributed by atoms with Crippen molar-refractivity contribution in [3.05, 3.63) is 59.8 Å². The van der Waals surface area contributed by atoms with Gasteiger partial charge in [0.05, 0.1) is 12.2 Å². The van der Waals surface area contributed by atoms with E-state index in [2.05, 4.69) is 18.4 Å². The van der Waals surface area contributed by atoms with Crippen molar-refractivity contribution in [1.82, 2.24) is 0 Å². The molecule has 2 atom stereocenters. The maximum Gasteiger partial charge on any atom is 0.338 e. The molecule has 0 amide bonds. The van der Waals surface area contributed by atoms with E-state index in [1.807, 2.05) is 26.0 Å². The van der Waals surface area contributed by atoms with Crippen molar-refractivity contribution in [2.75, 3.05) is 6.61 Å². The number of allylic oxidation sites excluding steroid dienone is 7. The highest BCUT2D eigenvalue weighted by molar-refractivity contribution is 5.91. The zero-order chi connectivity index (χ0) is 17.2. The van der Waals surface area contributed by atoms with Gasteiger partial charge in [-0.25, -0.2) is 4.79 Å². The van der Waals surface area contributed by atoms with Crippen LogP contribution in [0.15, 0.2) is 59.8 Å². The molecule has 0 bridgehead atoms. The quantitative estimate of drug-likeness (QED) is 0.256. The number of ether oxygens (including phenoxy) is 1. The van der Waals surface area contributed by atoms with E-state index in [1.165, 1.54) is 6.08 Å². The van der Waals surface area contributed by atoms with Crippen molar-refractivity contribution in [3.8, 4) is 11.8 Å². The topological polar surface area (TPSA) is 43.4 Å². The Hall–Kier alpha value is -2.60. The van der Waals surface area contributed by atoms with Gasteiger partial charge < -0.3 is 4.74 Å². The molecule has 0 aromatic heterocycles. The maximum atomic E-state index is 11.6. The zero-order valence-corrected chi connectivity index (χ0v) is 13.8. The van der Waals surface area contributed by atoms with Gasteiger partial charge in [0.1, 0.15) is 6.29 Å². The van der Waals surface area contributed by atoms with Crippen LogP contribution in [0.2, 0.25) is 0 Å². The molecule has 0 fully saturated rings.